The number of nitrogens with one attached hydrogen (secondary N) is 1. The van der Waals surface area contributed by atoms with Crippen LogP contribution in [-0.4, -0.2) is 21.4 Å². The first-order valence-corrected chi connectivity index (χ1v) is 6.89. The summed E-state index contributed by atoms with van der Waals surface area (Å²) in [6.45, 7) is 3.78. The van der Waals surface area contributed by atoms with Crippen molar-refractivity contribution >= 4 is 10.9 Å². The monoisotopic (exact) mass is 268 g/mol. The molecule has 0 aliphatic carbocycles. The van der Waals surface area contributed by atoms with E-state index in [0.29, 0.717) is 0 Å². The number of hydrogen-bond donors (Lipinski definition) is 1. The van der Waals surface area contributed by atoms with Gasteiger partial charge < -0.3 is 9.88 Å². The highest BCUT2D eigenvalue weighted by atomic mass is 15.3. The number of aromatic nitrogens is 3. The third-order valence-electron chi connectivity index (χ3n) is 3.65. The summed E-state index contributed by atoms with van der Waals surface area (Å²) in [5.74, 6) is 0. The van der Waals surface area contributed by atoms with Gasteiger partial charge in [0.05, 0.1) is 17.9 Å². The molecule has 104 valence electrons. The molecule has 4 heteroatoms. The number of rotatable bonds is 4. The molecule has 0 aliphatic heterocycles. The number of hydrogen-bond acceptors (Lipinski definition) is 2. The minimum Gasteiger partial charge on any atom is -0.341 e. The van der Waals surface area contributed by atoms with Gasteiger partial charge in [-0.25, -0.2) is 0 Å². The van der Waals surface area contributed by atoms with Gasteiger partial charge in [0.1, 0.15) is 0 Å². The topological polar surface area (TPSA) is 34.8 Å². The first-order valence-electron chi connectivity index (χ1n) is 6.89. The van der Waals surface area contributed by atoms with E-state index in [1.807, 2.05) is 25.7 Å². The Hall–Kier alpha value is -2.07. The third kappa shape index (κ3) is 2.34. The predicted octanol–water partition coefficient (Wildman–Crippen LogP) is 2.45. The summed E-state index contributed by atoms with van der Waals surface area (Å²) in [7, 11) is 3.97. The molecule has 0 radical (unpaired) electrons. The average Bonchev–Trinajstić information content (AvgIpc) is 2.95. The largest absolute Gasteiger partial charge is 0.341 e. The van der Waals surface area contributed by atoms with Gasteiger partial charge in [0.15, 0.2) is 0 Å². The highest BCUT2D eigenvalue weighted by Gasteiger charge is 2.06. The fourth-order valence-electron chi connectivity index (χ4n) is 2.67. The van der Waals surface area contributed by atoms with E-state index in [9.17, 15) is 0 Å². The van der Waals surface area contributed by atoms with Crippen molar-refractivity contribution in [2.75, 3.05) is 7.05 Å². The van der Waals surface area contributed by atoms with Crippen LogP contribution in [0.5, 0.6) is 0 Å². The van der Waals surface area contributed by atoms with Gasteiger partial charge in [-0.05, 0) is 43.1 Å². The fourth-order valence-corrected chi connectivity index (χ4v) is 2.67. The van der Waals surface area contributed by atoms with Gasteiger partial charge in [0.25, 0.3) is 0 Å². The molecule has 1 N–H and O–H groups in total. The van der Waals surface area contributed by atoms with Crippen molar-refractivity contribution in [1.29, 1.82) is 0 Å². The van der Waals surface area contributed by atoms with Crippen molar-refractivity contribution in [2.45, 2.75) is 20.0 Å². The van der Waals surface area contributed by atoms with Crippen LogP contribution in [0.2, 0.25) is 0 Å². The summed E-state index contributed by atoms with van der Waals surface area (Å²) >= 11 is 0. The first kappa shape index (κ1) is 12.9. The molecule has 0 amide bonds. The minimum atomic E-state index is 0.851. The van der Waals surface area contributed by atoms with Crippen LogP contribution in [-0.2, 0) is 20.1 Å². The van der Waals surface area contributed by atoms with E-state index in [4.69, 9.17) is 0 Å². The van der Waals surface area contributed by atoms with Crippen LogP contribution in [0.15, 0.2) is 36.5 Å². The Kier molecular flexibility index (Phi) is 3.32. The molecule has 0 atom stereocenters. The minimum absolute atomic E-state index is 0.851. The summed E-state index contributed by atoms with van der Waals surface area (Å²) < 4.78 is 4.24. The molecule has 0 unspecified atom stereocenters. The van der Waals surface area contributed by atoms with E-state index in [1.165, 1.54) is 22.2 Å². The van der Waals surface area contributed by atoms with Gasteiger partial charge in [-0.1, -0.05) is 12.1 Å². The van der Waals surface area contributed by atoms with Crippen molar-refractivity contribution in [3.05, 3.63) is 53.5 Å². The average molecular weight is 268 g/mol. The van der Waals surface area contributed by atoms with Crippen molar-refractivity contribution in [1.82, 2.24) is 19.7 Å². The van der Waals surface area contributed by atoms with E-state index in [1.54, 1.807) is 0 Å². The Bertz CT molecular complexity index is 736. The van der Waals surface area contributed by atoms with Crippen LogP contribution in [0.4, 0.5) is 0 Å². The highest BCUT2D eigenvalue weighted by Crippen LogP contribution is 2.19. The zero-order valence-electron chi connectivity index (χ0n) is 12.2. The van der Waals surface area contributed by atoms with Crippen LogP contribution in [0.25, 0.3) is 10.9 Å². The molecular weight excluding hydrogens is 248 g/mol. The quantitative estimate of drug-likeness (QED) is 0.789. The second kappa shape index (κ2) is 5.13. The summed E-state index contributed by atoms with van der Waals surface area (Å²) in [5.41, 5.74) is 4.87. The van der Waals surface area contributed by atoms with Gasteiger partial charge in [-0.15, -0.1) is 0 Å². The molecule has 2 heterocycles. The Labute approximate surface area is 119 Å². The fraction of sp³-hybridized carbons (Fsp3) is 0.312. The highest BCUT2D eigenvalue weighted by molar-refractivity contribution is 5.80. The maximum atomic E-state index is 4.41. The van der Waals surface area contributed by atoms with Gasteiger partial charge in [-0.2, -0.15) is 5.10 Å². The van der Waals surface area contributed by atoms with Crippen molar-refractivity contribution in [3.63, 3.8) is 0 Å². The van der Waals surface area contributed by atoms with Gasteiger partial charge in [0, 0.05) is 25.3 Å². The maximum Gasteiger partial charge on any atom is 0.0645 e. The molecule has 20 heavy (non-hydrogen) atoms. The molecule has 0 saturated heterocycles. The number of fused-ring (bicyclic) bond motifs is 1. The van der Waals surface area contributed by atoms with Crippen LogP contribution < -0.4 is 5.32 Å². The second-order valence-corrected chi connectivity index (χ2v) is 5.27. The predicted molar refractivity (Wildman–Crippen MR) is 81.7 cm³/mol. The molecule has 3 aromatic rings. The molecule has 0 aliphatic rings. The van der Waals surface area contributed by atoms with Crippen molar-refractivity contribution < 1.29 is 0 Å². The molecule has 0 bridgehead atoms. The Balaban J connectivity index is 1.98. The molecule has 0 spiro atoms. The SMILES string of the molecule is CNCc1ccc2ccn(Cc3cc(C)nn3C)c2c1. The van der Waals surface area contributed by atoms with E-state index in [-0.39, 0.29) is 0 Å². The molecule has 4 nitrogen and oxygen atoms in total. The third-order valence-corrected chi connectivity index (χ3v) is 3.65. The van der Waals surface area contributed by atoms with Crippen molar-refractivity contribution in [2.24, 2.45) is 7.05 Å². The van der Waals surface area contributed by atoms with Gasteiger partial charge in [-0.3, -0.25) is 4.68 Å². The summed E-state index contributed by atoms with van der Waals surface area (Å²) in [4.78, 5) is 0. The smallest absolute Gasteiger partial charge is 0.0645 e. The summed E-state index contributed by atoms with van der Waals surface area (Å²) in [6, 6.07) is 10.9. The molecule has 1 aromatic carbocycles. The van der Waals surface area contributed by atoms with E-state index in [2.05, 4.69) is 51.5 Å². The lowest BCUT2D eigenvalue weighted by Crippen LogP contribution is -2.06. The van der Waals surface area contributed by atoms with Crippen LogP contribution in [0, 0.1) is 6.92 Å². The Morgan fingerprint density at radius 1 is 1.20 bits per heavy atom. The normalized spacial score (nSPS) is 11.3. The summed E-state index contributed by atoms with van der Waals surface area (Å²) in [5, 5.41) is 8.89. The standard InChI is InChI=1S/C16H20N4/c1-12-8-15(19(3)18-12)11-20-7-6-14-5-4-13(10-17-2)9-16(14)20/h4-9,17H,10-11H2,1-3H3. The Morgan fingerprint density at radius 2 is 2.05 bits per heavy atom. The van der Waals surface area contributed by atoms with Crippen molar-refractivity contribution in [3.8, 4) is 0 Å². The summed E-state index contributed by atoms with van der Waals surface area (Å²) in [6.07, 6.45) is 2.15. The van der Waals surface area contributed by atoms with Crippen LogP contribution in [0.3, 0.4) is 0 Å². The molecule has 0 saturated carbocycles. The lowest BCUT2D eigenvalue weighted by Gasteiger charge is -2.07. The molecule has 2 aromatic heterocycles. The number of aryl methyl sites for hydroxylation is 2. The second-order valence-electron chi connectivity index (χ2n) is 5.27. The zero-order valence-corrected chi connectivity index (χ0v) is 12.2. The van der Waals surface area contributed by atoms with Crippen LogP contribution >= 0.6 is 0 Å². The first-order chi connectivity index (χ1) is 9.67. The molecule has 0 fully saturated rings. The van der Waals surface area contributed by atoms with Gasteiger partial charge in [0.2, 0.25) is 0 Å². The lowest BCUT2D eigenvalue weighted by molar-refractivity contribution is 0.673. The number of benzene rings is 1. The maximum absolute atomic E-state index is 4.41. The number of nitrogens with zero attached hydrogens (tertiary/aromatic N) is 3. The van der Waals surface area contributed by atoms with E-state index in [0.717, 1.165) is 18.8 Å². The molecular formula is C16H20N4. The zero-order chi connectivity index (χ0) is 14.1. The van der Waals surface area contributed by atoms with E-state index < -0.39 is 0 Å². The molecule has 3 rings (SSSR count). The van der Waals surface area contributed by atoms with Crippen LogP contribution in [0.1, 0.15) is 17.0 Å². The van der Waals surface area contributed by atoms with E-state index >= 15 is 0 Å². The van der Waals surface area contributed by atoms with Gasteiger partial charge >= 0.3 is 0 Å². The Morgan fingerprint density at radius 3 is 2.75 bits per heavy atom. The lowest BCUT2D eigenvalue weighted by atomic mass is 10.1.